The molecule has 112 valence electrons. The fourth-order valence-corrected chi connectivity index (χ4v) is 3.06. The van der Waals surface area contributed by atoms with Gasteiger partial charge in [0, 0.05) is 49.1 Å². The first-order valence-corrected chi connectivity index (χ1v) is 7.27. The summed E-state index contributed by atoms with van der Waals surface area (Å²) in [7, 11) is 1.54. The SMILES string of the molecule is COc1cc(C#N)cc2c(Cl)c3c(nc12)CCN(C(C)=O)C3. The number of fused-ring (bicyclic) bond motifs is 2. The monoisotopic (exact) mass is 315 g/mol. The van der Waals surface area contributed by atoms with E-state index in [1.54, 1.807) is 31.1 Å². The van der Waals surface area contributed by atoms with E-state index in [1.807, 2.05) is 0 Å². The van der Waals surface area contributed by atoms with Crippen LogP contribution in [0.1, 0.15) is 23.7 Å². The molecule has 1 amide bonds. The maximum Gasteiger partial charge on any atom is 0.219 e. The number of nitriles is 1. The third kappa shape index (κ3) is 2.26. The standard InChI is InChI=1S/C16H14ClN3O2/c1-9(21)20-4-3-13-12(8-20)15(17)11-5-10(7-18)6-14(22-2)16(11)19-13/h5-6H,3-4,8H2,1-2H3. The Bertz CT molecular complexity index is 826. The summed E-state index contributed by atoms with van der Waals surface area (Å²) >= 11 is 6.54. The lowest BCUT2D eigenvalue weighted by atomic mass is 10.0. The van der Waals surface area contributed by atoms with Crippen LogP contribution in [0.4, 0.5) is 0 Å². The van der Waals surface area contributed by atoms with Gasteiger partial charge < -0.3 is 9.64 Å². The fraction of sp³-hybridized carbons (Fsp3) is 0.312. The molecule has 0 bridgehead atoms. The predicted octanol–water partition coefficient (Wildman–Crippen LogP) is 2.67. The normalized spacial score (nSPS) is 13.6. The van der Waals surface area contributed by atoms with Crippen LogP contribution in [0, 0.1) is 11.3 Å². The highest BCUT2D eigenvalue weighted by atomic mass is 35.5. The van der Waals surface area contributed by atoms with Gasteiger partial charge in [0.25, 0.3) is 0 Å². The Morgan fingerprint density at radius 1 is 1.50 bits per heavy atom. The summed E-state index contributed by atoms with van der Waals surface area (Å²) in [6.07, 6.45) is 0.660. The Labute approximate surface area is 133 Å². The zero-order valence-electron chi connectivity index (χ0n) is 12.3. The first-order valence-electron chi connectivity index (χ1n) is 6.89. The van der Waals surface area contributed by atoms with Crippen molar-refractivity contribution in [2.24, 2.45) is 0 Å². The molecule has 0 radical (unpaired) electrons. The van der Waals surface area contributed by atoms with Crippen LogP contribution >= 0.6 is 11.6 Å². The van der Waals surface area contributed by atoms with Gasteiger partial charge in [-0.15, -0.1) is 0 Å². The van der Waals surface area contributed by atoms with Crippen LogP contribution in [0.5, 0.6) is 5.75 Å². The van der Waals surface area contributed by atoms with Crippen LogP contribution in [0.3, 0.4) is 0 Å². The molecule has 0 saturated carbocycles. The molecule has 2 heterocycles. The van der Waals surface area contributed by atoms with E-state index in [1.165, 1.54) is 0 Å². The molecule has 0 unspecified atom stereocenters. The minimum Gasteiger partial charge on any atom is -0.494 e. The van der Waals surface area contributed by atoms with Gasteiger partial charge in [-0.1, -0.05) is 11.6 Å². The minimum absolute atomic E-state index is 0.0187. The third-order valence-corrected chi connectivity index (χ3v) is 4.37. The lowest BCUT2D eigenvalue weighted by Gasteiger charge is -2.28. The van der Waals surface area contributed by atoms with E-state index in [0.29, 0.717) is 46.7 Å². The molecule has 1 aliphatic rings. The molecule has 22 heavy (non-hydrogen) atoms. The Kier molecular flexibility index (Phi) is 3.63. The molecule has 5 nitrogen and oxygen atoms in total. The summed E-state index contributed by atoms with van der Waals surface area (Å²) in [4.78, 5) is 18.0. The molecule has 0 saturated heterocycles. The van der Waals surface area contributed by atoms with E-state index in [9.17, 15) is 4.79 Å². The maximum atomic E-state index is 11.6. The van der Waals surface area contributed by atoms with E-state index in [-0.39, 0.29) is 5.91 Å². The van der Waals surface area contributed by atoms with Gasteiger partial charge in [-0.3, -0.25) is 4.79 Å². The number of carbonyl (C=O) groups excluding carboxylic acids is 1. The average Bonchev–Trinajstić information content (AvgIpc) is 2.54. The summed E-state index contributed by atoms with van der Waals surface area (Å²) in [5.41, 5.74) is 2.86. The van der Waals surface area contributed by atoms with Crippen LogP contribution in [0.25, 0.3) is 10.9 Å². The molecule has 0 N–H and O–H groups in total. The Morgan fingerprint density at radius 2 is 2.27 bits per heavy atom. The molecule has 6 heteroatoms. The Morgan fingerprint density at radius 3 is 2.91 bits per heavy atom. The van der Waals surface area contributed by atoms with Crippen molar-refractivity contribution < 1.29 is 9.53 Å². The van der Waals surface area contributed by atoms with Gasteiger partial charge in [0.1, 0.15) is 11.3 Å². The first kappa shape index (κ1) is 14.6. The molecule has 0 spiro atoms. The van der Waals surface area contributed by atoms with Crippen molar-refractivity contribution >= 4 is 28.4 Å². The number of hydrogen-bond acceptors (Lipinski definition) is 4. The van der Waals surface area contributed by atoms with Crippen LogP contribution < -0.4 is 4.74 Å². The van der Waals surface area contributed by atoms with E-state index in [4.69, 9.17) is 21.6 Å². The fourth-order valence-electron chi connectivity index (χ4n) is 2.75. The summed E-state index contributed by atoms with van der Waals surface area (Å²) in [6, 6.07) is 5.46. The van der Waals surface area contributed by atoms with Gasteiger partial charge >= 0.3 is 0 Å². The van der Waals surface area contributed by atoms with E-state index < -0.39 is 0 Å². The van der Waals surface area contributed by atoms with E-state index in [0.717, 1.165) is 11.3 Å². The number of halogens is 1. The molecule has 0 atom stereocenters. The van der Waals surface area contributed by atoms with Crippen molar-refractivity contribution in [3.8, 4) is 11.8 Å². The molecule has 3 rings (SSSR count). The molecular weight excluding hydrogens is 302 g/mol. The molecule has 2 aromatic rings. The molecular formula is C16H14ClN3O2. The number of ether oxygens (including phenoxy) is 1. The molecule has 1 aliphatic heterocycles. The first-order chi connectivity index (χ1) is 10.5. The second kappa shape index (κ2) is 5.47. The number of benzene rings is 1. The predicted molar refractivity (Wildman–Crippen MR) is 82.8 cm³/mol. The number of hydrogen-bond donors (Lipinski definition) is 0. The van der Waals surface area contributed by atoms with Gasteiger partial charge in [-0.25, -0.2) is 4.98 Å². The topological polar surface area (TPSA) is 66.2 Å². The van der Waals surface area contributed by atoms with Crippen LogP contribution in [-0.4, -0.2) is 29.4 Å². The number of aromatic nitrogens is 1. The molecule has 1 aromatic heterocycles. The van der Waals surface area contributed by atoms with Gasteiger partial charge in [-0.2, -0.15) is 5.26 Å². The van der Waals surface area contributed by atoms with Crippen molar-refractivity contribution in [3.63, 3.8) is 0 Å². The summed E-state index contributed by atoms with van der Waals surface area (Å²) in [6.45, 7) is 2.63. The second-order valence-electron chi connectivity index (χ2n) is 5.23. The van der Waals surface area contributed by atoms with Gasteiger partial charge in [0.15, 0.2) is 0 Å². The van der Waals surface area contributed by atoms with Crippen LogP contribution in [0.2, 0.25) is 5.02 Å². The lowest BCUT2D eigenvalue weighted by molar-refractivity contribution is -0.129. The lowest BCUT2D eigenvalue weighted by Crippen LogP contribution is -2.34. The van der Waals surface area contributed by atoms with Crippen molar-refractivity contribution in [3.05, 3.63) is 34.0 Å². The van der Waals surface area contributed by atoms with Crippen molar-refractivity contribution in [1.82, 2.24) is 9.88 Å². The van der Waals surface area contributed by atoms with Crippen molar-refractivity contribution in [2.75, 3.05) is 13.7 Å². The van der Waals surface area contributed by atoms with Gasteiger partial charge in [0.2, 0.25) is 5.91 Å². The number of rotatable bonds is 1. The van der Waals surface area contributed by atoms with Gasteiger partial charge in [0.05, 0.1) is 23.8 Å². The minimum atomic E-state index is 0.0187. The number of amides is 1. The number of pyridine rings is 1. The average molecular weight is 316 g/mol. The van der Waals surface area contributed by atoms with Crippen molar-refractivity contribution in [2.45, 2.75) is 19.9 Å². The van der Waals surface area contributed by atoms with E-state index >= 15 is 0 Å². The second-order valence-corrected chi connectivity index (χ2v) is 5.61. The highest BCUT2D eigenvalue weighted by Crippen LogP contribution is 2.36. The molecule has 0 fully saturated rings. The molecule has 0 aliphatic carbocycles. The number of methoxy groups -OCH3 is 1. The number of carbonyl (C=O) groups is 1. The quantitative estimate of drug-likeness (QED) is 0.811. The van der Waals surface area contributed by atoms with Gasteiger partial charge in [-0.05, 0) is 6.07 Å². The van der Waals surface area contributed by atoms with Crippen molar-refractivity contribution in [1.29, 1.82) is 5.26 Å². The van der Waals surface area contributed by atoms with Crippen LogP contribution in [0.15, 0.2) is 12.1 Å². The summed E-state index contributed by atoms with van der Waals surface area (Å²) < 4.78 is 5.34. The third-order valence-electron chi connectivity index (χ3n) is 3.93. The largest absolute Gasteiger partial charge is 0.494 e. The molecule has 1 aromatic carbocycles. The zero-order valence-corrected chi connectivity index (χ0v) is 13.1. The highest BCUT2D eigenvalue weighted by molar-refractivity contribution is 6.36. The smallest absolute Gasteiger partial charge is 0.219 e. The Hall–Kier alpha value is -2.32. The van der Waals surface area contributed by atoms with E-state index in [2.05, 4.69) is 11.1 Å². The zero-order chi connectivity index (χ0) is 15.9. The summed E-state index contributed by atoms with van der Waals surface area (Å²) in [5.74, 6) is 0.554. The Balaban J connectivity index is 2.25. The highest BCUT2D eigenvalue weighted by Gasteiger charge is 2.24. The maximum absolute atomic E-state index is 11.6. The van der Waals surface area contributed by atoms with Crippen LogP contribution in [-0.2, 0) is 17.8 Å². The summed E-state index contributed by atoms with van der Waals surface area (Å²) in [5, 5.41) is 10.4. The number of nitrogens with zero attached hydrogens (tertiary/aromatic N) is 3.